The highest BCUT2D eigenvalue weighted by molar-refractivity contribution is 9.10. The van der Waals surface area contributed by atoms with Gasteiger partial charge in [0.25, 0.3) is 0 Å². The van der Waals surface area contributed by atoms with Crippen LogP contribution in [-0.2, 0) is 10.7 Å². The highest BCUT2D eigenvalue weighted by Crippen LogP contribution is 2.32. The van der Waals surface area contributed by atoms with E-state index < -0.39 is 17.8 Å². The summed E-state index contributed by atoms with van der Waals surface area (Å²) in [5.74, 6) is -3.53. The van der Waals surface area contributed by atoms with Gasteiger partial charge in [0.2, 0.25) is 0 Å². The Bertz CT molecular complexity index is 377. The molecule has 1 aromatic rings. The molecule has 0 aromatic heterocycles. The quantitative estimate of drug-likeness (QED) is 0.785. The second-order valence-electron chi connectivity index (χ2n) is 2.60. The number of alkyl halides is 2. The second-order valence-corrected chi connectivity index (χ2v) is 3.45. The monoisotopic (exact) mass is 262 g/mol. The zero-order valence-corrected chi connectivity index (χ0v) is 8.42. The van der Waals surface area contributed by atoms with Crippen LogP contribution in [0.15, 0.2) is 22.7 Å². The summed E-state index contributed by atoms with van der Waals surface area (Å²) < 4.78 is 25.8. The van der Waals surface area contributed by atoms with Gasteiger partial charge in [0.1, 0.15) is 6.29 Å². The van der Waals surface area contributed by atoms with Crippen LogP contribution in [0.5, 0.6) is 0 Å². The molecule has 0 amide bonds. The number of carbonyl (C=O) groups excluding carboxylic acids is 2. The molecule has 0 aliphatic rings. The smallest absolute Gasteiger partial charge is 0.298 e. The molecule has 0 bridgehead atoms. The van der Waals surface area contributed by atoms with Crippen molar-refractivity contribution in [3.05, 3.63) is 33.8 Å². The Kier molecular flexibility index (Phi) is 3.10. The van der Waals surface area contributed by atoms with Crippen LogP contribution in [0, 0.1) is 0 Å². The first-order valence-corrected chi connectivity index (χ1v) is 4.40. The number of benzene rings is 1. The maximum Gasteiger partial charge on any atom is 0.328 e. The van der Waals surface area contributed by atoms with Crippen molar-refractivity contribution in [3.63, 3.8) is 0 Å². The van der Waals surface area contributed by atoms with Gasteiger partial charge in [-0.15, -0.1) is 0 Å². The fraction of sp³-hybridized carbons (Fsp3) is 0.111. The van der Waals surface area contributed by atoms with E-state index in [2.05, 4.69) is 15.9 Å². The molecule has 0 unspecified atom stereocenters. The molecule has 0 saturated carbocycles. The Balaban J connectivity index is 3.24. The van der Waals surface area contributed by atoms with E-state index in [1.54, 1.807) is 0 Å². The highest BCUT2D eigenvalue weighted by Gasteiger charge is 2.32. The van der Waals surface area contributed by atoms with Crippen molar-refractivity contribution in [3.8, 4) is 0 Å². The summed E-state index contributed by atoms with van der Waals surface area (Å²) in [6.07, 6.45) is 0.0985. The Morgan fingerprint density at radius 1 is 1.29 bits per heavy atom. The van der Waals surface area contributed by atoms with Gasteiger partial charge in [0.15, 0.2) is 6.29 Å². The van der Waals surface area contributed by atoms with Crippen LogP contribution in [-0.4, -0.2) is 12.6 Å². The summed E-state index contributed by atoms with van der Waals surface area (Å²) >= 11 is 2.87. The zero-order valence-electron chi connectivity index (χ0n) is 6.84. The minimum Gasteiger partial charge on any atom is -0.298 e. The van der Waals surface area contributed by atoms with Crippen LogP contribution in [0.2, 0.25) is 0 Å². The lowest BCUT2D eigenvalue weighted by atomic mass is 10.1. The van der Waals surface area contributed by atoms with Gasteiger partial charge < -0.3 is 0 Å². The molecule has 5 heteroatoms. The number of hydrogen-bond donors (Lipinski definition) is 0. The fourth-order valence-corrected chi connectivity index (χ4v) is 1.60. The zero-order chi connectivity index (χ0) is 10.8. The number of halogens is 3. The van der Waals surface area contributed by atoms with Gasteiger partial charge in [-0.05, 0) is 6.07 Å². The number of carbonyl (C=O) groups is 2. The summed E-state index contributed by atoms with van der Waals surface area (Å²) in [6, 6.07) is 3.51. The van der Waals surface area contributed by atoms with Gasteiger partial charge in [0, 0.05) is 15.6 Å². The van der Waals surface area contributed by atoms with E-state index in [0.717, 1.165) is 6.07 Å². The molecule has 0 heterocycles. The standard InChI is InChI=1S/C9H5BrF2O2/c10-8-3-6(4-13)1-2-7(8)9(11,12)5-14/h1-5H. The lowest BCUT2D eigenvalue weighted by Gasteiger charge is -2.11. The van der Waals surface area contributed by atoms with Gasteiger partial charge in [-0.25, -0.2) is 0 Å². The molecule has 0 aliphatic heterocycles. The third-order valence-electron chi connectivity index (χ3n) is 1.64. The lowest BCUT2D eigenvalue weighted by molar-refractivity contribution is -0.130. The molecule has 14 heavy (non-hydrogen) atoms. The first-order valence-electron chi connectivity index (χ1n) is 3.60. The molecule has 2 nitrogen and oxygen atoms in total. The summed E-state index contributed by atoms with van der Waals surface area (Å²) in [4.78, 5) is 20.4. The SMILES string of the molecule is O=Cc1ccc(C(F)(F)C=O)c(Br)c1. The summed E-state index contributed by atoms with van der Waals surface area (Å²) in [5.41, 5.74) is -0.180. The molecular weight excluding hydrogens is 258 g/mol. The summed E-state index contributed by atoms with van der Waals surface area (Å²) in [5, 5.41) is 0. The Hall–Kier alpha value is -1.10. The van der Waals surface area contributed by atoms with Crippen LogP contribution >= 0.6 is 15.9 Å². The van der Waals surface area contributed by atoms with Crippen molar-refractivity contribution in [1.29, 1.82) is 0 Å². The van der Waals surface area contributed by atoms with Crippen molar-refractivity contribution in [2.45, 2.75) is 5.92 Å². The van der Waals surface area contributed by atoms with Crippen molar-refractivity contribution >= 4 is 28.5 Å². The van der Waals surface area contributed by atoms with Gasteiger partial charge in [-0.3, -0.25) is 9.59 Å². The molecule has 1 aromatic carbocycles. The highest BCUT2D eigenvalue weighted by atomic mass is 79.9. The molecule has 0 N–H and O–H groups in total. The van der Waals surface area contributed by atoms with Crippen molar-refractivity contribution in [2.75, 3.05) is 0 Å². The van der Waals surface area contributed by atoms with E-state index in [4.69, 9.17) is 0 Å². The minimum atomic E-state index is -3.53. The van der Waals surface area contributed by atoms with E-state index in [0.29, 0.717) is 6.29 Å². The third kappa shape index (κ3) is 2.04. The van der Waals surface area contributed by atoms with Crippen molar-refractivity contribution in [2.24, 2.45) is 0 Å². The molecule has 74 valence electrons. The van der Waals surface area contributed by atoms with Gasteiger partial charge >= 0.3 is 5.92 Å². The molecular formula is C9H5BrF2O2. The van der Waals surface area contributed by atoms with Crippen molar-refractivity contribution < 1.29 is 18.4 Å². The third-order valence-corrected chi connectivity index (χ3v) is 2.29. The first kappa shape index (κ1) is 11.0. The molecule has 0 atom stereocenters. The van der Waals surface area contributed by atoms with Crippen LogP contribution in [0.3, 0.4) is 0 Å². The Morgan fingerprint density at radius 2 is 1.93 bits per heavy atom. The van der Waals surface area contributed by atoms with E-state index in [-0.39, 0.29) is 10.0 Å². The van der Waals surface area contributed by atoms with Crippen LogP contribution < -0.4 is 0 Å². The molecule has 0 spiro atoms. The maximum atomic E-state index is 12.9. The first-order chi connectivity index (χ1) is 6.51. The molecule has 0 saturated heterocycles. The number of rotatable bonds is 3. The molecule has 0 fully saturated rings. The average molecular weight is 263 g/mol. The van der Waals surface area contributed by atoms with E-state index >= 15 is 0 Å². The van der Waals surface area contributed by atoms with Gasteiger partial charge in [0.05, 0.1) is 0 Å². The minimum absolute atomic E-state index is 0.0409. The van der Waals surface area contributed by atoms with Crippen LogP contribution in [0.1, 0.15) is 15.9 Å². The second kappa shape index (κ2) is 3.96. The van der Waals surface area contributed by atoms with Gasteiger partial charge in [-0.1, -0.05) is 28.1 Å². The largest absolute Gasteiger partial charge is 0.328 e. The number of aldehydes is 2. The Labute approximate surface area is 87.0 Å². The van der Waals surface area contributed by atoms with Crippen LogP contribution in [0.25, 0.3) is 0 Å². The van der Waals surface area contributed by atoms with E-state index in [1.807, 2.05) is 0 Å². The molecule has 0 radical (unpaired) electrons. The average Bonchev–Trinajstić information content (AvgIpc) is 2.17. The summed E-state index contributed by atoms with van der Waals surface area (Å²) in [6.45, 7) is 0. The maximum absolute atomic E-state index is 12.9. The summed E-state index contributed by atoms with van der Waals surface area (Å²) in [7, 11) is 0. The van der Waals surface area contributed by atoms with Crippen molar-refractivity contribution in [1.82, 2.24) is 0 Å². The molecule has 0 aliphatic carbocycles. The number of hydrogen-bond acceptors (Lipinski definition) is 2. The predicted molar refractivity (Wildman–Crippen MR) is 49.5 cm³/mol. The fourth-order valence-electron chi connectivity index (χ4n) is 0.938. The van der Waals surface area contributed by atoms with Crippen LogP contribution in [0.4, 0.5) is 8.78 Å². The predicted octanol–water partition coefficient (Wildman–Crippen LogP) is 2.55. The van der Waals surface area contributed by atoms with E-state index in [9.17, 15) is 18.4 Å². The topological polar surface area (TPSA) is 34.1 Å². The lowest BCUT2D eigenvalue weighted by Crippen LogP contribution is -2.15. The normalized spacial score (nSPS) is 11.1. The molecule has 1 rings (SSSR count). The van der Waals surface area contributed by atoms with E-state index in [1.165, 1.54) is 12.1 Å². The van der Waals surface area contributed by atoms with Gasteiger partial charge in [-0.2, -0.15) is 8.78 Å². The Morgan fingerprint density at radius 3 is 2.36 bits per heavy atom.